The highest BCUT2D eigenvalue weighted by molar-refractivity contribution is 7.92. The number of ether oxygens (including phenoxy) is 1. The Morgan fingerprint density at radius 1 is 1.09 bits per heavy atom. The second-order valence-corrected chi connectivity index (χ2v) is 11.0. The fourth-order valence-electron chi connectivity index (χ4n) is 4.55. The van der Waals surface area contributed by atoms with E-state index in [9.17, 15) is 23.1 Å². The van der Waals surface area contributed by atoms with Gasteiger partial charge in [-0.25, -0.2) is 8.42 Å². The predicted octanol–water partition coefficient (Wildman–Crippen LogP) is 4.46. The Morgan fingerprint density at radius 2 is 1.79 bits per heavy atom. The maximum Gasteiger partial charge on any atom is 0.312 e. The number of nitrogens with one attached hydrogen (secondary N) is 1. The van der Waals surface area contributed by atoms with Crippen molar-refractivity contribution >= 4 is 39.0 Å². The molecule has 1 saturated carbocycles. The molecule has 10 heteroatoms. The lowest BCUT2D eigenvalue weighted by molar-refractivity contribution is -0.139. The first kappa shape index (κ1) is 23.4. The van der Waals surface area contributed by atoms with Gasteiger partial charge in [-0.2, -0.15) is 0 Å². The number of phenolic OH excluding ortho intramolecular Hbond substituents is 1. The molecule has 2 aromatic carbocycles. The fraction of sp³-hybridized carbons (Fsp3) is 0.391. The van der Waals surface area contributed by atoms with Crippen molar-refractivity contribution in [1.29, 1.82) is 0 Å². The van der Waals surface area contributed by atoms with Crippen LogP contribution in [0.5, 0.6) is 17.2 Å². The number of hydrogen-bond acceptors (Lipinski definition) is 6. The Hall–Kier alpha value is -2.78. The van der Waals surface area contributed by atoms with Gasteiger partial charge in [0.25, 0.3) is 0 Å². The van der Waals surface area contributed by atoms with Crippen LogP contribution in [0.15, 0.2) is 29.2 Å². The summed E-state index contributed by atoms with van der Waals surface area (Å²) >= 11 is 6.46. The highest BCUT2D eigenvalue weighted by atomic mass is 35.5. The first-order chi connectivity index (χ1) is 15.7. The molecule has 0 aromatic heterocycles. The Bertz CT molecular complexity index is 1220. The Morgan fingerprint density at radius 3 is 2.48 bits per heavy atom. The third kappa shape index (κ3) is 4.79. The molecule has 8 nitrogen and oxygen atoms in total. The van der Waals surface area contributed by atoms with Gasteiger partial charge in [0.1, 0.15) is 28.6 Å². The van der Waals surface area contributed by atoms with Gasteiger partial charge in [0.2, 0.25) is 5.91 Å². The molecule has 0 atom stereocenters. The van der Waals surface area contributed by atoms with Crippen LogP contribution in [0.3, 0.4) is 0 Å². The summed E-state index contributed by atoms with van der Waals surface area (Å²) in [6, 6.07) is 5.61. The molecule has 33 heavy (non-hydrogen) atoms. The lowest BCUT2D eigenvalue weighted by atomic mass is 10.1. The van der Waals surface area contributed by atoms with Crippen molar-refractivity contribution in [3.8, 4) is 17.2 Å². The number of sulfone groups is 1. The van der Waals surface area contributed by atoms with E-state index in [2.05, 4.69) is 5.32 Å². The normalized spacial score (nSPS) is 15.9. The number of anilines is 1. The molecule has 1 fully saturated rings. The number of carboxylic acid groups (broad SMARTS) is 1. The molecule has 176 valence electrons. The van der Waals surface area contributed by atoms with Crippen LogP contribution in [0, 0.1) is 0 Å². The number of halogens is 1. The number of fused-ring (bicyclic) bond motifs is 1. The maximum atomic E-state index is 13.0. The van der Waals surface area contributed by atoms with Crippen LogP contribution in [0.4, 0.5) is 5.69 Å². The fourth-order valence-corrected chi connectivity index (χ4v) is 6.77. The zero-order valence-corrected chi connectivity index (χ0v) is 19.3. The van der Waals surface area contributed by atoms with E-state index in [-0.39, 0.29) is 21.4 Å². The number of carboxylic acids is 1. The first-order valence-corrected chi connectivity index (χ1v) is 12.7. The molecular formula is C23H24ClNO7S. The van der Waals surface area contributed by atoms with Crippen molar-refractivity contribution in [3.63, 3.8) is 0 Å². The van der Waals surface area contributed by atoms with E-state index in [0.717, 1.165) is 30.4 Å². The van der Waals surface area contributed by atoms with Gasteiger partial charge in [0.05, 0.1) is 10.3 Å². The van der Waals surface area contributed by atoms with Crippen LogP contribution < -0.4 is 10.1 Å². The van der Waals surface area contributed by atoms with Gasteiger partial charge in [0.15, 0.2) is 9.84 Å². The van der Waals surface area contributed by atoms with Crippen molar-refractivity contribution in [1.82, 2.24) is 0 Å². The predicted molar refractivity (Wildman–Crippen MR) is 122 cm³/mol. The summed E-state index contributed by atoms with van der Waals surface area (Å²) in [5, 5.41) is 21.4. The van der Waals surface area contributed by atoms with E-state index in [1.807, 2.05) is 0 Å². The number of amides is 1. The summed E-state index contributed by atoms with van der Waals surface area (Å²) in [4.78, 5) is 22.6. The van der Waals surface area contributed by atoms with E-state index in [1.54, 1.807) is 0 Å². The van der Waals surface area contributed by atoms with E-state index in [0.29, 0.717) is 37.1 Å². The van der Waals surface area contributed by atoms with Crippen LogP contribution >= 0.6 is 11.6 Å². The molecule has 2 aliphatic carbocycles. The molecule has 2 aliphatic rings. The van der Waals surface area contributed by atoms with Gasteiger partial charge in [-0.1, -0.05) is 24.4 Å². The molecule has 0 aliphatic heterocycles. The maximum absolute atomic E-state index is 13.0. The number of rotatable bonds is 7. The largest absolute Gasteiger partial charge is 0.507 e. The van der Waals surface area contributed by atoms with E-state index >= 15 is 0 Å². The lowest BCUT2D eigenvalue weighted by Crippen LogP contribution is -2.18. The number of aromatic hydroxyl groups is 1. The molecule has 0 heterocycles. The second kappa shape index (κ2) is 9.23. The molecule has 0 spiro atoms. The minimum Gasteiger partial charge on any atom is -0.507 e. The standard InChI is InChI=1S/C23H24ClNO7S/c24-17-11-18(25-21(27)12-22(28)29)15-6-3-7-16(15)23(17)32-13-8-9-19(26)20(10-13)33(30,31)14-4-1-2-5-14/h8-11,14,26H,1-7,12H2,(H,25,27)(H,28,29). The molecule has 0 bridgehead atoms. The topological polar surface area (TPSA) is 130 Å². The summed E-state index contributed by atoms with van der Waals surface area (Å²) in [5.41, 5.74) is 2.04. The van der Waals surface area contributed by atoms with Gasteiger partial charge in [-0.05, 0) is 55.9 Å². The zero-order chi connectivity index (χ0) is 23.8. The van der Waals surface area contributed by atoms with Crippen molar-refractivity contribution in [2.24, 2.45) is 0 Å². The molecular weight excluding hydrogens is 470 g/mol. The molecule has 0 unspecified atom stereocenters. The molecule has 1 amide bonds. The lowest BCUT2D eigenvalue weighted by Gasteiger charge is -2.18. The van der Waals surface area contributed by atoms with Crippen LogP contribution in [-0.2, 0) is 32.3 Å². The number of benzene rings is 2. The van der Waals surface area contributed by atoms with Crippen molar-refractivity contribution in [2.45, 2.75) is 61.5 Å². The number of carbonyl (C=O) groups is 2. The van der Waals surface area contributed by atoms with E-state index < -0.39 is 33.4 Å². The third-order valence-corrected chi connectivity index (χ3v) is 8.66. The average Bonchev–Trinajstić information content (AvgIpc) is 3.44. The second-order valence-electron chi connectivity index (χ2n) is 8.35. The van der Waals surface area contributed by atoms with Gasteiger partial charge < -0.3 is 20.3 Å². The minimum atomic E-state index is -3.69. The number of aliphatic carboxylic acids is 1. The highest BCUT2D eigenvalue weighted by Gasteiger charge is 2.33. The molecule has 2 aromatic rings. The molecule has 0 saturated heterocycles. The summed E-state index contributed by atoms with van der Waals surface area (Å²) in [6.45, 7) is 0. The quantitative estimate of drug-likeness (QED) is 0.485. The van der Waals surface area contributed by atoms with Crippen LogP contribution in [0.25, 0.3) is 0 Å². The minimum absolute atomic E-state index is 0.155. The number of hydrogen-bond donors (Lipinski definition) is 3. The smallest absolute Gasteiger partial charge is 0.312 e. The van der Waals surface area contributed by atoms with Gasteiger partial charge in [-0.3, -0.25) is 9.59 Å². The summed E-state index contributed by atoms with van der Waals surface area (Å²) in [5.74, 6) is -1.62. The first-order valence-electron chi connectivity index (χ1n) is 10.8. The highest BCUT2D eigenvalue weighted by Crippen LogP contribution is 2.44. The van der Waals surface area contributed by atoms with E-state index in [4.69, 9.17) is 21.4 Å². The molecule has 4 rings (SSSR count). The zero-order valence-electron chi connectivity index (χ0n) is 17.8. The Kier molecular flexibility index (Phi) is 6.54. The van der Waals surface area contributed by atoms with E-state index in [1.165, 1.54) is 24.3 Å². The third-order valence-electron chi connectivity index (χ3n) is 6.09. The number of carbonyl (C=O) groups excluding carboxylic acids is 1. The Labute approximate surface area is 196 Å². The summed E-state index contributed by atoms with van der Waals surface area (Å²) in [6.07, 6.45) is 4.26. The van der Waals surface area contributed by atoms with Crippen LogP contribution in [0.1, 0.15) is 49.7 Å². The monoisotopic (exact) mass is 493 g/mol. The number of phenols is 1. The van der Waals surface area contributed by atoms with Crippen molar-refractivity contribution in [3.05, 3.63) is 40.4 Å². The van der Waals surface area contributed by atoms with Gasteiger partial charge in [0, 0.05) is 17.3 Å². The van der Waals surface area contributed by atoms with Crippen molar-refractivity contribution < 1.29 is 33.0 Å². The van der Waals surface area contributed by atoms with Crippen molar-refractivity contribution in [2.75, 3.05) is 5.32 Å². The molecule has 3 N–H and O–H groups in total. The SMILES string of the molecule is O=C(O)CC(=O)Nc1cc(Cl)c(Oc2ccc(O)c(S(=O)(=O)C3CCCC3)c2)c2c1CCC2. The van der Waals surface area contributed by atoms with Crippen LogP contribution in [-0.4, -0.2) is 35.8 Å². The van der Waals surface area contributed by atoms with Crippen LogP contribution in [0.2, 0.25) is 5.02 Å². The summed E-state index contributed by atoms with van der Waals surface area (Å²) < 4.78 is 32.0. The molecule has 0 radical (unpaired) electrons. The summed E-state index contributed by atoms with van der Waals surface area (Å²) in [7, 11) is -3.69. The average molecular weight is 494 g/mol. The van der Waals surface area contributed by atoms with Gasteiger partial charge in [-0.15, -0.1) is 0 Å². The van der Waals surface area contributed by atoms with Gasteiger partial charge >= 0.3 is 5.97 Å². The Balaban J connectivity index is 1.66.